The molecule has 3 nitrogen and oxygen atoms in total. The van der Waals surface area contributed by atoms with E-state index >= 15 is 0 Å². The molecular weight excluding hydrogens is 224 g/mol. The molecule has 0 bridgehead atoms. The van der Waals surface area contributed by atoms with Crippen molar-refractivity contribution in [3.05, 3.63) is 0 Å². The van der Waals surface area contributed by atoms with Gasteiger partial charge in [0.25, 0.3) is 0 Å². The Morgan fingerprint density at radius 3 is 2.33 bits per heavy atom. The zero-order valence-electron chi connectivity index (χ0n) is 12.9. The Morgan fingerprint density at radius 2 is 1.94 bits per heavy atom. The number of aliphatic hydroxyl groups excluding tert-OH is 1. The first-order valence-electron chi connectivity index (χ1n) is 7.51. The van der Waals surface area contributed by atoms with Crippen molar-refractivity contribution in [3.8, 4) is 0 Å². The van der Waals surface area contributed by atoms with E-state index in [4.69, 9.17) is 0 Å². The first-order valence-corrected chi connectivity index (χ1v) is 7.51. The Hall–Kier alpha value is -0.120. The maximum absolute atomic E-state index is 9.84. The average Bonchev–Trinajstić information content (AvgIpc) is 3.11. The minimum Gasteiger partial charge on any atom is -0.394 e. The van der Waals surface area contributed by atoms with E-state index in [1.54, 1.807) is 0 Å². The summed E-state index contributed by atoms with van der Waals surface area (Å²) >= 11 is 0. The molecule has 0 saturated heterocycles. The van der Waals surface area contributed by atoms with Crippen molar-refractivity contribution in [2.75, 3.05) is 26.7 Å². The van der Waals surface area contributed by atoms with Gasteiger partial charge in [-0.3, -0.25) is 0 Å². The number of hydrogen-bond acceptors (Lipinski definition) is 3. The smallest absolute Gasteiger partial charge is 0.0628 e. The Labute approximate surface area is 113 Å². The summed E-state index contributed by atoms with van der Waals surface area (Å²) in [5, 5.41) is 13.4. The lowest BCUT2D eigenvalue weighted by atomic mass is 9.92. The highest BCUT2D eigenvalue weighted by Gasteiger charge is 2.45. The highest BCUT2D eigenvalue weighted by Crippen LogP contribution is 2.40. The molecule has 1 rings (SSSR count). The maximum Gasteiger partial charge on any atom is 0.0628 e. The molecule has 0 aromatic heterocycles. The minimum atomic E-state index is -0.0747. The molecule has 1 saturated carbocycles. The van der Waals surface area contributed by atoms with Gasteiger partial charge in [0.15, 0.2) is 0 Å². The van der Waals surface area contributed by atoms with Crippen LogP contribution in [-0.4, -0.2) is 48.3 Å². The third-order valence-corrected chi connectivity index (χ3v) is 4.27. The van der Waals surface area contributed by atoms with Crippen LogP contribution in [0.1, 0.15) is 47.0 Å². The normalized spacial score (nSPS) is 21.3. The number of aliphatic hydroxyl groups is 1. The lowest BCUT2D eigenvalue weighted by Gasteiger charge is -2.39. The van der Waals surface area contributed by atoms with Crippen molar-refractivity contribution in [2.24, 2.45) is 11.8 Å². The molecule has 0 radical (unpaired) electrons. The SMILES string of the molecule is CCNC(CO)(CN(C)C(C)CC(C)C)C1CC1. The van der Waals surface area contributed by atoms with Crippen molar-refractivity contribution < 1.29 is 5.11 Å². The van der Waals surface area contributed by atoms with Gasteiger partial charge in [-0.2, -0.15) is 0 Å². The van der Waals surface area contributed by atoms with Crippen LogP contribution < -0.4 is 5.32 Å². The summed E-state index contributed by atoms with van der Waals surface area (Å²) in [7, 11) is 2.19. The van der Waals surface area contributed by atoms with Crippen LogP contribution in [0, 0.1) is 11.8 Å². The number of hydrogen-bond donors (Lipinski definition) is 2. The van der Waals surface area contributed by atoms with Gasteiger partial charge in [-0.15, -0.1) is 0 Å². The Balaban J connectivity index is 2.59. The van der Waals surface area contributed by atoms with Gasteiger partial charge in [0.05, 0.1) is 12.1 Å². The predicted molar refractivity (Wildman–Crippen MR) is 77.8 cm³/mol. The fourth-order valence-electron chi connectivity index (χ4n) is 3.02. The molecular formula is C15H32N2O. The Kier molecular flexibility index (Phi) is 6.09. The van der Waals surface area contributed by atoms with Crippen molar-refractivity contribution in [3.63, 3.8) is 0 Å². The summed E-state index contributed by atoms with van der Waals surface area (Å²) in [6.07, 6.45) is 3.74. The second-order valence-corrected chi connectivity index (χ2v) is 6.51. The summed E-state index contributed by atoms with van der Waals surface area (Å²) in [5.41, 5.74) is -0.0747. The summed E-state index contributed by atoms with van der Waals surface area (Å²) < 4.78 is 0. The van der Waals surface area contributed by atoms with Crippen LogP contribution in [0.15, 0.2) is 0 Å². The van der Waals surface area contributed by atoms with E-state index in [1.165, 1.54) is 19.3 Å². The fourth-order valence-corrected chi connectivity index (χ4v) is 3.02. The standard InChI is InChI=1S/C15H32N2O/c1-6-16-15(11-18,14-7-8-14)10-17(5)13(4)9-12(2)3/h12-14,16,18H,6-11H2,1-5H3. The molecule has 0 aromatic rings. The molecule has 0 amide bonds. The van der Waals surface area contributed by atoms with Crippen LogP contribution in [0.5, 0.6) is 0 Å². The summed E-state index contributed by atoms with van der Waals surface area (Å²) in [6, 6.07) is 0.577. The molecule has 2 N–H and O–H groups in total. The highest BCUT2D eigenvalue weighted by atomic mass is 16.3. The van der Waals surface area contributed by atoms with E-state index < -0.39 is 0 Å². The molecule has 18 heavy (non-hydrogen) atoms. The molecule has 108 valence electrons. The van der Waals surface area contributed by atoms with Gasteiger partial charge in [0.2, 0.25) is 0 Å². The molecule has 1 fully saturated rings. The molecule has 3 heteroatoms. The Morgan fingerprint density at radius 1 is 1.33 bits per heavy atom. The van der Waals surface area contributed by atoms with Crippen LogP contribution in [-0.2, 0) is 0 Å². The number of nitrogens with one attached hydrogen (secondary N) is 1. The lowest BCUT2D eigenvalue weighted by molar-refractivity contribution is 0.0837. The maximum atomic E-state index is 9.84. The van der Waals surface area contributed by atoms with Crippen molar-refractivity contribution >= 4 is 0 Å². The summed E-state index contributed by atoms with van der Waals surface area (Å²) in [5.74, 6) is 1.39. The number of rotatable bonds is 9. The predicted octanol–water partition coefficient (Wildman–Crippen LogP) is 2.10. The molecule has 1 aliphatic carbocycles. The zero-order valence-corrected chi connectivity index (χ0v) is 12.9. The quantitative estimate of drug-likeness (QED) is 0.663. The number of nitrogens with zero attached hydrogens (tertiary/aromatic N) is 1. The van der Waals surface area contributed by atoms with Crippen molar-refractivity contribution in [1.82, 2.24) is 10.2 Å². The fraction of sp³-hybridized carbons (Fsp3) is 1.00. The van der Waals surface area contributed by atoms with E-state index in [9.17, 15) is 5.11 Å². The van der Waals surface area contributed by atoms with Crippen LogP contribution >= 0.6 is 0 Å². The molecule has 2 unspecified atom stereocenters. The van der Waals surface area contributed by atoms with Crippen LogP contribution in [0.2, 0.25) is 0 Å². The van der Waals surface area contributed by atoms with Crippen LogP contribution in [0.3, 0.4) is 0 Å². The molecule has 0 heterocycles. The first kappa shape index (κ1) is 15.9. The monoisotopic (exact) mass is 256 g/mol. The third kappa shape index (κ3) is 4.22. The minimum absolute atomic E-state index is 0.0747. The molecule has 0 spiro atoms. The van der Waals surface area contributed by atoms with Gasteiger partial charge in [-0.05, 0) is 51.6 Å². The van der Waals surface area contributed by atoms with E-state index in [2.05, 4.69) is 45.0 Å². The van der Waals surface area contributed by atoms with Gasteiger partial charge in [-0.1, -0.05) is 20.8 Å². The Bertz CT molecular complexity index is 241. The van der Waals surface area contributed by atoms with Crippen LogP contribution in [0.25, 0.3) is 0 Å². The van der Waals surface area contributed by atoms with Crippen molar-refractivity contribution in [1.29, 1.82) is 0 Å². The number of likely N-dealkylation sites (N-methyl/N-ethyl adjacent to an activating group) is 2. The van der Waals surface area contributed by atoms with Gasteiger partial charge in [0, 0.05) is 12.6 Å². The van der Waals surface area contributed by atoms with Gasteiger partial charge in [0.1, 0.15) is 0 Å². The summed E-state index contributed by atoms with van der Waals surface area (Å²) in [6.45, 7) is 11.1. The molecule has 0 aliphatic heterocycles. The zero-order chi connectivity index (χ0) is 13.8. The highest BCUT2D eigenvalue weighted by molar-refractivity contribution is 5.02. The van der Waals surface area contributed by atoms with Crippen molar-refractivity contribution in [2.45, 2.75) is 58.5 Å². The average molecular weight is 256 g/mol. The van der Waals surface area contributed by atoms with E-state index in [0.717, 1.165) is 19.0 Å². The van der Waals surface area contributed by atoms with Crippen LogP contribution in [0.4, 0.5) is 0 Å². The second-order valence-electron chi connectivity index (χ2n) is 6.51. The van der Waals surface area contributed by atoms with E-state index in [1.807, 2.05) is 0 Å². The van der Waals surface area contributed by atoms with Gasteiger partial charge in [-0.25, -0.2) is 0 Å². The van der Waals surface area contributed by atoms with Gasteiger partial charge < -0.3 is 15.3 Å². The largest absolute Gasteiger partial charge is 0.394 e. The third-order valence-electron chi connectivity index (χ3n) is 4.27. The lowest BCUT2D eigenvalue weighted by Crippen LogP contribution is -2.58. The van der Waals surface area contributed by atoms with E-state index in [-0.39, 0.29) is 12.1 Å². The second kappa shape index (κ2) is 6.88. The summed E-state index contributed by atoms with van der Waals surface area (Å²) in [4.78, 5) is 2.41. The van der Waals surface area contributed by atoms with E-state index in [0.29, 0.717) is 12.0 Å². The van der Waals surface area contributed by atoms with Gasteiger partial charge >= 0.3 is 0 Å². The molecule has 2 atom stereocenters. The molecule has 0 aromatic carbocycles. The topological polar surface area (TPSA) is 35.5 Å². The molecule has 1 aliphatic rings. The first-order chi connectivity index (χ1) is 8.45.